The molecule has 4 rings (SSSR count). The highest BCUT2D eigenvalue weighted by Gasteiger charge is 2.63. The van der Waals surface area contributed by atoms with Gasteiger partial charge in [-0.3, -0.25) is 4.79 Å². The number of halogens is 2. The van der Waals surface area contributed by atoms with Crippen LogP contribution < -0.4 is 10.2 Å². The average Bonchev–Trinajstić information content (AvgIpc) is 3.24. The molecule has 1 fully saturated rings. The van der Waals surface area contributed by atoms with Gasteiger partial charge in [-0.15, -0.1) is 5.10 Å². The molecule has 41 heavy (non-hydrogen) atoms. The summed E-state index contributed by atoms with van der Waals surface area (Å²) in [6.45, 7) is 2.03. The van der Waals surface area contributed by atoms with E-state index in [0.717, 1.165) is 23.0 Å². The minimum Gasteiger partial charge on any atom is -0.390 e. The van der Waals surface area contributed by atoms with Crippen LogP contribution in [0, 0.1) is 18.6 Å². The molecule has 0 unspecified atom stereocenters. The van der Waals surface area contributed by atoms with Crippen molar-refractivity contribution >= 4 is 110 Å². The van der Waals surface area contributed by atoms with Gasteiger partial charge in [0.2, 0.25) is 11.9 Å². The van der Waals surface area contributed by atoms with Crippen LogP contribution in [0.25, 0.3) is 5.69 Å². The molecule has 1 aliphatic heterocycles. The lowest BCUT2D eigenvalue weighted by Gasteiger charge is -2.75. The highest BCUT2D eigenvalue weighted by molar-refractivity contribution is 6.70. The number of amides is 1. The van der Waals surface area contributed by atoms with Gasteiger partial charge in [0.05, 0.1) is 5.69 Å². The van der Waals surface area contributed by atoms with Gasteiger partial charge in [-0.05, 0) is 69.3 Å². The lowest BCUT2D eigenvalue weighted by atomic mass is 9.25. The molecule has 3 aromatic rings. The van der Waals surface area contributed by atoms with Gasteiger partial charge in [0.15, 0.2) is 0 Å². The van der Waals surface area contributed by atoms with Crippen molar-refractivity contribution in [2.24, 2.45) is 0 Å². The maximum Gasteiger partial charge on any atom is 0.246 e. The Labute approximate surface area is 251 Å². The predicted octanol–water partition coefficient (Wildman–Crippen LogP) is -8.10. The molecule has 2 heterocycles. The van der Waals surface area contributed by atoms with Crippen molar-refractivity contribution in [1.29, 1.82) is 0 Å². The summed E-state index contributed by atoms with van der Waals surface area (Å²) in [5.74, 6) is -0.951. The van der Waals surface area contributed by atoms with Crippen molar-refractivity contribution in [3.05, 3.63) is 59.9 Å². The fraction of sp³-hybridized carbons (Fsp3) is 0.286. The second-order valence-electron chi connectivity index (χ2n) is 14.3. The summed E-state index contributed by atoms with van der Waals surface area (Å²) in [5.41, 5.74) is 3.05. The first-order chi connectivity index (χ1) is 18.6. The summed E-state index contributed by atoms with van der Waals surface area (Å²) < 4.78 is 28.8. The summed E-state index contributed by atoms with van der Waals surface area (Å²) in [6.07, 6.45) is 1.41. The topological polar surface area (TPSA) is 66.3 Å². The number of carbonyl (C=O) groups is 1. The van der Waals surface area contributed by atoms with Gasteiger partial charge >= 0.3 is 0 Å². The molecule has 200 valence electrons. The molecule has 0 spiro atoms. The van der Waals surface area contributed by atoms with Gasteiger partial charge in [0, 0.05) is 17.4 Å². The molecule has 20 heteroatoms. The first kappa shape index (κ1) is 31.2. The van der Waals surface area contributed by atoms with Crippen LogP contribution in [0.5, 0.6) is 0 Å². The van der Waals surface area contributed by atoms with Crippen LogP contribution in [0.3, 0.4) is 0 Å². The van der Waals surface area contributed by atoms with E-state index in [0.29, 0.717) is 5.95 Å². The number of benzene rings is 2. The van der Waals surface area contributed by atoms with Gasteiger partial charge in [0.1, 0.15) is 104 Å². The Hall–Kier alpha value is -2.78. The van der Waals surface area contributed by atoms with Gasteiger partial charge in [-0.1, -0.05) is 0 Å². The normalized spacial score (nSPS) is 19.0. The smallest absolute Gasteiger partial charge is 0.246 e. The number of anilines is 3. The van der Waals surface area contributed by atoms with E-state index < -0.39 is 38.1 Å². The summed E-state index contributed by atoms with van der Waals surface area (Å²) in [5, 5.41) is 5.11. The van der Waals surface area contributed by atoms with Crippen LogP contribution in [0.2, 0.25) is 5.11 Å². The maximum absolute atomic E-state index is 14.0. The highest BCUT2D eigenvalue weighted by Crippen LogP contribution is 2.47. The average molecular weight is 542 g/mol. The Balaban J connectivity index is 1.76. The number of nitrogens with zero attached hydrogens (tertiary/aromatic N) is 5. The molecule has 0 bridgehead atoms. The number of aromatic nitrogens is 3. The van der Waals surface area contributed by atoms with E-state index in [-0.39, 0.29) is 11.6 Å². The third-order valence-corrected chi connectivity index (χ3v) is 9.26. The summed E-state index contributed by atoms with van der Waals surface area (Å²) >= 11 is 0. The van der Waals surface area contributed by atoms with E-state index >= 15 is 0 Å². The van der Waals surface area contributed by atoms with Crippen LogP contribution in [0.15, 0.2) is 42.7 Å². The Morgan fingerprint density at radius 1 is 0.805 bits per heavy atom. The molecular weight excluding hydrogens is 509 g/mol. The van der Waals surface area contributed by atoms with Crippen molar-refractivity contribution < 1.29 is 13.6 Å². The minimum absolute atomic E-state index is 0.125. The third kappa shape index (κ3) is 5.20. The number of rotatable bonds is 5. The van der Waals surface area contributed by atoms with E-state index in [4.69, 9.17) is 0 Å². The molecule has 0 saturated carbocycles. The number of hydrogen-bond acceptors (Lipinski definition) is 5. The van der Waals surface area contributed by atoms with E-state index in [2.05, 4.69) is 100 Å². The Kier molecular flexibility index (Phi) is 7.53. The van der Waals surface area contributed by atoms with Crippen LogP contribution in [-0.2, 0) is 4.79 Å². The first-order valence-electron chi connectivity index (χ1n) is 14.0. The van der Waals surface area contributed by atoms with Crippen LogP contribution in [-0.4, -0.2) is 133 Å². The standard InChI is InChI=1S/C21H33B11F2N6O/c1-9-2-12(36-16-35-8-38(37-16)13-5-10(33)4-11(34)6-13)7-14(3-9)39-18(25,26)20(29,30)40(15(41)17(22,23)24)21(31,32)19(39,27)28/h2-8H,22-32H2,1H3,(H,36,37). The van der Waals surface area contributed by atoms with Crippen LogP contribution in [0.4, 0.5) is 26.1 Å². The van der Waals surface area contributed by atoms with Crippen molar-refractivity contribution in [2.45, 2.75) is 33.4 Å². The molecular formula is C21H33B11F2N6O. The monoisotopic (exact) mass is 544 g/mol. The second kappa shape index (κ2) is 9.90. The number of carbonyl (C=O) groups excluding carboxylic acids is 1. The second-order valence-corrected chi connectivity index (χ2v) is 14.3. The van der Waals surface area contributed by atoms with Gasteiger partial charge in [0.25, 0.3) is 0 Å². The molecule has 0 radical (unpaired) electrons. The third-order valence-electron chi connectivity index (χ3n) is 9.26. The van der Waals surface area contributed by atoms with E-state index in [1.54, 1.807) is 0 Å². The van der Waals surface area contributed by atoms with Crippen molar-refractivity contribution in [1.82, 2.24) is 19.7 Å². The zero-order valence-electron chi connectivity index (χ0n) is 26.4. The molecule has 7 nitrogen and oxygen atoms in total. The Morgan fingerprint density at radius 3 is 1.85 bits per heavy atom. The Morgan fingerprint density at radius 2 is 1.34 bits per heavy atom. The molecule has 1 saturated heterocycles. The van der Waals surface area contributed by atoms with Crippen LogP contribution >= 0.6 is 0 Å². The fourth-order valence-electron chi connectivity index (χ4n) is 6.19. The lowest BCUT2D eigenvalue weighted by Crippen LogP contribution is -2.93. The number of hydrogen-bond donors (Lipinski definition) is 1. The van der Waals surface area contributed by atoms with Gasteiger partial charge in [-0.25, -0.2) is 13.5 Å². The summed E-state index contributed by atoms with van der Waals surface area (Å²) in [7, 11) is 23.3. The largest absolute Gasteiger partial charge is 0.390 e. The molecule has 0 aliphatic carbocycles. The number of nitrogens with one attached hydrogen (secondary N) is 1. The molecule has 1 amide bonds. The minimum atomic E-state index is -0.686. The quantitative estimate of drug-likeness (QED) is 0.325. The van der Waals surface area contributed by atoms with Crippen molar-refractivity contribution in [3.8, 4) is 5.69 Å². The molecule has 1 aliphatic rings. The van der Waals surface area contributed by atoms with E-state index in [1.807, 2.05) is 36.5 Å². The van der Waals surface area contributed by atoms with E-state index in [9.17, 15) is 13.6 Å². The summed E-state index contributed by atoms with van der Waals surface area (Å²) in [4.78, 5) is 22.8. The molecule has 0 atom stereocenters. The van der Waals surface area contributed by atoms with Crippen LogP contribution in [0.1, 0.15) is 5.56 Å². The zero-order chi connectivity index (χ0) is 30.9. The fourth-order valence-corrected chi connectivity index (χ4v) is 6.19. The number of piperazine rings is 1. The van der Waals surface area contributed by atoms with Crippen molar-refractivity contribution in [3.63, 3.8) is 0 Å². The summed E-state index contributed by atoms with van der Waals surface area (Å²) in [6, 6.07) is 9.43. The first-order valence-corrected chi connectivity index (χ1v) is 14.0. The van der Waals surface area contributed by atoms with E-state index in [1.165, 1.54) is 23.1 Å². The van der Waals surface area contributed by atoms with Gasteiger partial charge < -0.3 is 15.1 Å². The molecule has 1 N–H and O–H groups in total. The number of aryl methyl sites for hydroxylation is 1. The van der Waals surface area contributed by atoms with Crippen molar-refractivity contribution in [2.75, 3.05) is 10.2 Å². The maximum atomic E-state index is 14.0. The predicted molar refractivity (Wildman–Crippen MR) is 193 cm³/mol. The van der Waals surface area contributed by atoms with Gasteiger partial charge in [-0.2, -0.15) is 4.98 Å². The molecule has 2 aromatic carbocycles. The lowest BCUT2D eigenvalue weighted by molar-refractivity contribution is -0.136. The zero-order valence-corrected chi connectivity index (χ0v) is 26.4. The highest BCUT2D eigenvalue weighted by atomic mass is 19.1. The molecule has 1 aromatic heterocycles. The Bertz CT molecular complexity index is 1460. The SMILES string of the molecule is BC(B)(B)C(=O)N1C(B)(B)C(B)(B)N(c2cc(C)cc(Nc3ncn(-c4cc(F)cc(F)c4)n3)c2)C(B)(B)C1(B)B.